The van der Waals surface area contributed by atoms with Gasteiger partial charge in [0, 0.05) is 55.3 Å². The molecule has 54 heavy (non-hydrogen) atoms. The molecular weight excluding hydrogens is 704 g/mol. The molecule has 4 heterocycles. The van der Waals surface area contributed by atoms with Crippen molar-refractivity contribution in [3.8, 4) is 34.4 Å². The number of halogens is 1. The highest BCUT2D eigenvalue weighted by atomic mass is 35.5. The molecule has 3 fully saturated rings. The number of rotatable bonds is 15. The molecule has 7 rings (SSSR count). The molecule has 4 aromatic rings. The van der Waals surface area contributed by atoms with Crippen LogP contribution in [0.2, 0.25) is 5.02 Å². The number of piperidine rings is 1. The standard InChI is InChI=1S/C43H47ClN4O6/c1-28-32(8-5-9-36(28)37-10-6-12-40(29(37)2)51-15-7-14-47-24-35-18-34(47)27-52-35)26-54-42-19-41(53-25-31-16-30(20-45)21-46-22-31)33(17-38(42)44)23-48-13-4-3-11-39(48)43(49)50/h5-6,8-10,12,16-17,19,21-22,34-35,39H,3-4,7,11,13-15,18,23-27H2,1-2H3,(H,49,50)/t34?,35?,39-/m0/s1. The molecule has 2 unspecified atom stereocenters. The third kappa shape index (κ3) is 8.66. The van der Waals surface area contributed by atoms with Crippen molar-refractivity contribution in [2.75, 3.05) is 32.8 Å². The average molecular weight is 751 g/mol. The Morgan fingerprint density at radius 3 is 2.56 bits per heavy atom. The summed E-state index contributed by atoms with van der Waals surface area (Å²) in [5, 5.41) is 19.7. The van der Waals surface area contributed by atoms with Crippen LogP contribution in [0.5, 0.6) is 17.2 Å². The van der Waals surface area contributed by atoms with E-state index >= 15 is 0 Å². The average Bonchev–Trinajstić information content (AvgIpc) is 3.81. The van der Waals surface area contributed by atoms with Crippen LogP contribution in [0.15, 0.2) is 67.0 Å². The summed E-state index contributed by atoms with van der Waals surface area (Å²) >= 11 is 6.87. The minimum absolute atomic E-state index is 0.164. The fraction of sp³-hybridized carbons (Fsp3) is 0.419. The molecule has 282 valence electrons. The Labute approximate surface area is 322 Å². The molecule has 11 heteroatoms. The number of carboxylic acids is 1. The van der Waals surface area contributed by atoms with E-state index in [-0.39, 0.29) is 13.2 Å². The van der Waals surface area contributed by atoms with Gasteiger partial charge in [-0.1, -0.05) is 48.4 Å². The first kappa shape index (κ1) is 37.6. The maximum Gasteiger partial charge on any atom is 0.320 e. The molecule has 0 radical (unpaired) electrons. The van der Waals surface area contributed by atoms with E-state index in [1.54, 1.807) is 18.3 Å². The maximum atomic E-state index is 12.1. The Balaban J connectivity index is 1.06. The molecule has 0 amide bonds. The number of aromatic nitrogens is 1. The van der Waals surface area contributed by atoms with Gasteiger partial charge in [0.2, 0.25) is 0 Å². The highest BCUT2D eigenvalue weighted by molar-refractivity contribution is 6.32. The zero-order chi connectivity index (χ0) is 37.6. The van der Waals surface area contributed by atoms with Crippen molar-refractivity contribution in [1.82, 2.24) is 14.8 Å². The number of ether oxygens (including phenoxy) is 4. The zero-order valence-corrected chi connectivity index (χ0v) is 31.7. The summed E-state index contributed by atoms with van der Waals surface area (Å²) in [6.07, 6.45) is 8.11. The number of fused-ring (bicyclic) bond motifs is 2. The minimum Gasteiger partial charge on any atom is -0.493 e. The number of carboxylic acid groups (broad SMARTS) is 1. The van der Waals surface area contributed by atoms with Gasteiger partial charge in [0.25, 0.3) is 0 Å². The van der Waals surface area contributed by atoms with Gasteiger partial charge < -0.3 is 24.1 Å². The Bertz CT molecular complexity index is 2020. The number of pyridine rings is 1. The molecule has 3 aliphatic heterocycles. The summed E-state index contributed by atoms with van der Waals surface area (Å²) in [5.41, 5.74) is 7.38. The lowest BCUT2D eigenvalue weighted by Crippen LogP contribution is -2.44. The number of benzene rings is 3. The zero-order valence-electron chi connectivity index (χ0n) is 30.9. The van der Waals surface area contributed by atoms with Crippen molar-refractivity contribution >= 4 is 17.6 Å². The molecule has 2 bridgehead atoms. The predicted octanol–water partition coefficient (Wildman–Crippen LogP) is 7.73. The number of nitrogens with zero attached hydrogens (tertiary/aromatic N) is 4. The Morgan fingerprint density at radius 2 is 1.78 bits per heavy atom. The van der Waals surface area contributed by atoms with Crippen LogP contribution < -0.4 is 14.2 Å². The minimum atomic E-state index is -0.829. The number of carbonyl (C=O) groups is 1. The van der Waals surface area contributed by atoms with Gasteiger partial charge in [-0.05, 0) is 92.1 Å². The molecule has 0 spiro atoms. The first-order valence-corrected chi connectivity index (χ1v) is 19.2. The third-order valence-corrected chi connectivity index (χ3v) is 11.3. The first-order valence-electron chi connectivity index (χ1n) is 18.8. The molecule has 3 aliphatic rings. The van der Waals surface area contributed by atoms with E-state index in [9.17, 15) is 15.2 Å². The van der Waals surface area contributed by atoms with Gasteiger partial charge >= 0.3 is 5.97 Å². The molecule has 1 N–H and O–H groups in total. The predicted molar refractivity (Wildman–Crippen MR) is 206 cm³/mol. The molecular formula is C43H47ClN4O6. The molecule has 0 saturated carbocycles. The van der Waals surface area contributed by atoms with E-state index in [1.165, 1.54) is 6.20 Å². The van der Waals surface area contributed by atoms with E-state index in [2.05, 4.69) is 54.1 Å². The van der Waals surface area contributed by atoms with Crippen molar-refractivity contribution < 1.29 is 28.8 Å². The topological polar surface area (TPSA) is 117 Å². The summed E-state index contributed by atoms with van der Waals surface area (Å²) in [4.78, 5) is 20.7. The van der Waals surface area contributed by atoms with Crippen LogP contribution in [0, 0.1) is 25.2 Å². The van der Waals surface area contributed by atoms with E-state index in [4.69, 9.17) is 30.5 Å². The van der Waals surface area contributed by atoms with Crippen molar-refractivity contribution in [3.05, 3.63) is 105 Å². The third-order valence-electron chi connectivity index (χ3n) is 11.0. The summed E-state index contributed by atoms with van der Waals surface area (Å²) in [5.74, 6) is 1.06. The first-order chi connectivity index (χ1) is 26.3. The largest absolute Gasteiger partial charge is 0.493 e. The summed E-state index contributed by atoms with van der Waals surface area (Å²) in [6, 6.07) is 19.9. The van der Waals surface area contributed by atoms with Crippen LogP contribution in [0.25, 0.3) is 11.1 Å². The van der Waals surface area contributed by atoms with Crippen LogP contribution in [-0.4, -0.2) is 76.9 Å². The molecule has 1 aromatic heterocycles. The second-order valence-corrected chi connectivity index (χ2v) is 14.9. The van der Waals surface area contributed by atoms with Crippen LogP contribution in [-0.2, 0) is 29.3 Å². The van der Waals surface area contributed by atoms with E-state index in [0.29, 0.717) is 60.3 Å². The van der Waals surface area contributed by atoms with Gasteiger partial charge in [-0.25, -0.2) is 0 Å². The Kier molecular flexibility index (Phi) is 12.0. The highest BCUT2D eigenvalue weighted by Gasteiger charge is 2.38. The second kappa shape index (κ2) is 17.2. The van der Waals surface area contributed by atoms with Gasteiger partial charge in [-0.2, -0.15) is 5.26 Å². The summed E-state index contributed by atoms with van der Waals surface area (Å²) in [7, 11) is 0. The maximum absolute atomic E-state index is 12.1. The van der Waals surface area contributed by atoms with Crippen molar-refractivity contribution in [3.63, 3.8) is 0 Å². The van der Waals surface area contributed by atoms with Crippen molar-refractivity contribution in [2.45, 2.75) is 83.9 Å². The smallest absolute Gasteiger partial charge is 0.320 e. The van der Waals surface area contributed by atoms with E-state index in [1.807, 2.05) is 23.1 Å². The summed E-state index contributed by atoms with van der Waals surface area (Å²) in [6.45, 7) is 9.28. The molecule has 3 saturated heterocycles. The quantitative estimate of drug-likeness (QED) is 0.121. The van der Waals surface area contributed by atoms with Gasteiger partial charge in [0.1, 0.15) is 42.6 Å². The Morgan fingerprint density at radius 1 is 0.963 bits per heavy atom. The lowest BCUT2D eigenvalue weighted by molar-refractivity contribution is -0.144. The molecule has 10 nitrogen and oxygen atoms in total. The lowest BCUT2D eigenvalue weighted by atomic mass is 9.93. The van der Waals surface area contributed by atoms with Crippen molar-refractivity contribution in [1.29, 1.82) is 5.26 Å². The van der Waals surface area contributed by atoms with Crippen molar-refractivity contribution in [2.24, 2.45) is 0 Å². The van der Waals surface area contributed by atoms with Gasteiger partial charge in [0.05, 0.1) is 29.9 Å². The number of likely N-dealkylation sites (tertiary alicyclic amines) is 2. The fourth-order valence-corrected chi connectivity index (χ4v) is 8.21. The lowest BCUT2D eigenvalue weighted by Gasteiger charge is -2.33. The van der Waals surface area contributed by atoms with Crippen LogP contribution >= 0.6 is 11.6 Å². The van der Waals surface area contributed by atoms with Crippen LogP contribution in [0.1, 0.15) is 65.5 Å². The van der Waals surface area contributed by atoms with Gasteiger partial charge in [0.15, 0.2) is 0 Å². The number of hydrogen-bond donors (Lipinski definition) is 1. The monoisotopic (exact) mass is 750 g/mol. The second-order valence-electron chi connectivity index (χ2n) is 14.5. The van der Waals surface area contributed by atoms with E-state index < -0.39 is 12.0 Å². The van der Waals surface area contributed by atoms with Crippen LogP contribution in [0.3, 0.4) is 0 Å². The Hall–Kier alpha value is -4.66. The van der Waals surface area contributed by atoms with Gasteiger partial charge in [-0.15, -0.1) is 0 Å². The normalized spacial score (nSPS) is 19.8. The van der Waals surface area contributed by atoms with E-state index in [0.717, 1.165) is 90.1 Å². The summed E-state index contributed by atoms with van der Waals surface area (Å²) < 4.78 is 24.8. The fourth-order valence-electron chi connectivity index (χ4n) is 7.96. The number of hydrogen-bond acceptors (Lipinski definition) is 9. The van der Waals surface area contributed by atoms with Crippen LogP contribution in [0.4, 0.5) is 0 Å². The molecule has 3 aromatic carbocycles. The molecule has 3 atom stereocenters. The molecule has 0 aliphatic carbocycles. The van der Waals surface area contributed by atoms with Gasteiger partial charge in [-0.3, -0.25) is 19.6 Å². The number of aliphatic carboxylic acids is 1. The number of nitriles is 1. The highest BCUT2D eigenvalue weighted by Crippen LogP contribution is 2.37. The number of morpholine rings is 1. The SMILES string of the molecule is Cc1c(COc2cc(OCc3cncc(C#N)c3)c(CN3CCCC[C@H]3C(=O)O)cc2Cl)cccc1-c1cccc(OCCCN2CC3CC2CO3)c1C.